The van der Waals surface area contributed by atoms with Crippen molar-refractivity contribution in [3.8, 4) is 0 Å². The molecule has 1 aromatic carbocycles. The average molecular weight is 669 g/mol. The Labute approximate surface area is 272 Å². The first kappa shape index (κ1) is 34.5. The van der Waals surface area contributed by atoms with Gasteiger partial charge < -0.3 is 24.4 Å². The monoisotopic (exact) mass is 668 g/mol. The van der Waals surface area contributed by atoms with E-state index in [-0.39, 0.29) is 31.3 Å². The number of alkyl halides is 5. The molecule has 5 aliphatic rings. The van der Waals surface area contributed by atoms with Crippen LogP contribution in [0.4, 0.5) is 22.0 Å². The number of carbonyl (C=O) groups is 1. The quantitative estimate of drug-likeness (QED) is 0.147. The van der Waals surface area contributed by atoms with Crippen molar-refractivity contribution in [2.75, 3.05) is 19.8 Å². The van der Waals surface area contributed by atoms with Crippen molar-refractivity contribution in [2.24, 2.45) is 22.7 Å². The number of hydrogen-bond acceptors (Lipinski definition) is 6. The number of allylic oxidation sites excluding steroid dienone is 1. The molecule has 1 spiro atoms. The highest BCUT2D eigenvalue weighted by Crippen LogP contribution is 2.71. The Morgan fingerprint density at radius 3 is 2.28 bits per heavy atom. The van der Waals surface area contributed by atoms with E-state index in [1.165, 1.54) is 13.0 Å². The molecule has 0 radical (unpaired) electrons. The number of rotatable bonds is 5. The minimum atomic E-state index is -5.92. The van der Waals surface area contributed by atoms with E-state index in [2.05, 4.69) is 0 Å². The normalized spacial score (nSPS) is 36.6. The molecule has 2 N–H and O–H groups in total. The predicted molar refractivity (Wildman–Crippen MR) is 163 cm³/mol. The van der Waals surface area contributed by atoms with E-state index in [1.54, 1.807) is 37.3 Å². The molecule has 6 nitrogen and oxygen atoms in total. The Hall–Kier alpha value is -2.34. The minimum Gasteiger partial charge on any atom is -0.463 e. The average Bonchev–Trinajstić information content (AvgIpc) is 3.28. The van der Waals surface area contributed by atoms with Crippen LogP contribution in [0.1, 0.15) is 96.1 Å². The van der Waals surface area contributed by atoms with Crippen molar-refractivity contribution < 1.29 is 51.2 Å². The van der Waals surface area contributed by atoms with Crippen LogP contribution in [0.2, 0.25) is 0 Å². The number of benzene rings is 1. The van der Waals surface area contributed by atoms with Gasteiger partial charge >= 0.3 is 18.1 Å². The molecule has 0 aromatic heterocycles. The summed E-state index contributed by atoms with van der Waals surface area (Å²) in [5.74, 6) is -8.41. The maximum atomic E-state index is 15.3. The van der Waals surface area contributed by atoms with Crippen molar-refractivity contribution in [3.63, 3.8) is 0 Å². The molecule has 1 aliphatic heterocycles. The van der Waals surface area contributed by atoms with Crippen LogP contribution in [-0.2, 0) is 19.0 Å². The third-order valence-electron chi connectivity index (χ3n) is 11.9. The van der Waals surface area contributed by atoms with Crippen LogP contribution >= 0.6 is 0 Å². The van der Waals surface area contributed by atoms with Gasteiger partial charge in [-0.2, -0.15) is 22.0 Å². The summed E-state index contributed by atoms with van der Waals surface area (Å²) >= 11 is 0. The number of aliphatic hydroxyl groups is 2. The van der Waals surface area contributed by atoms with Gasteiger partial charge in [-0.1, -0.05) is 50.6 Å². The summed E-state index contributed by atoms with van der Waals surface area (Å²) in [5.41, 5.74) is -3.46. The first-order valence-electron chi connectivity index (χ1n) is 16.7. The molecule has 11 heteroatoms. The third kappa shape index (κ3) is 5.47. The fourth-order valence-electron chi connectivity index (χ4n) is 9.50. The second kappa shape index (κ2) is 11.4. The van der Waals surface area contributed by atoms with Gasteiger partial charge in [0.15, 0.2) is 5.79 Å². The number of halogens is 5. The maximum Gasteiger partial charge on any atom is 0.456 e. The summed E-state index contributed by atoms with van der Waals surface area (Å²) in [6, 6.07) is 7.07. The Balaban J connectivity index is 1.42. The molecule has 4 fully saturated rings. The van der Waals surface area contributed by atoms with Crippen LogP contribution < -0.4 is 0 Å². The molecule has 0 amide bonds. The van der Waals surface area contributed by atoms with Gasteiger partial charge in [-0.3, -0.25) is 0 Å². The molecule has 1 aromatic rings. The van der Waals surface area contributed by atoms with Gasteiger partial charge in [-0.25, -0.2) is 4.79 Å². The van der Waals surface area contributed by atoms with Gasteiger partial charge in [-0.05, 0) is 80.1 Å². The van der Waals surface area contributed by atoms with E-state index >= 15 is 8.78 Å². The zero-order chi connectivity index (χ0) is 34.3. The van der Waals surface area contributed by atoms with E-state index in [0.29, 0.717) is 50.0 Å². The molecule has 260 valence electrons. The highest BCUT2D eigenvalue weighted by molar-refractivity contribution is 5.87. The third-order valence-corrected chi connectivity index (χ3v) is 11.9. The molecule has 0 unspecified atom stereocenters. The standard InChI is InChI=1S/C36H45F5O6/c1-5-45-28(42)11-8-22-6-9-23(10-7-22)25-18-31(4)26(14-17-34(31,44)35(37,38)36(39,40)41)24-12-15-32(43)19-33(16-13-27(32)29(24)25)46-20-30(2,3)21-47-33/h6-11,24-26,43-44H,5,12-21H2,1-4H3/b11-8+/t24-,25+,26-,31-,32+,34-/m0/s1. The Morgan fingerprint density at radius 1 is 1.00 bits per heavy atom. The van der Waals surface area contributed by atoms with Crippen molar-refractivity contribution >= 4 is 12.0 Å². The molecule has 3 saturated carbocycles. The molecule has 47 heavy (non-hydrogen) atoms. The van der Waals surface area contributed by atoms with Gasteiger partial charge in [0.2, 0.25) is 0 Å². The van der Waals surface area contributed by atoms with Gasteiger partial charge in [0, 0.05) is 35.7 Å². The smallest absolute Gasteiger partial charge is 0.456 e. The van der Waals surface area contributed by atoms with Crippen LogP contribution in [0.25, 0.3) is 6.08 Å². The van der Waals surface area contributed by atoms with E-state index in [0.717, 1.165) is 11.1 Å². The molecular formula is C36H45F5O6. The van der Waals surface area contributed by atoms with E-state index in [9.17, 15) is 28.2 Å². The van der Waals surface area contributed by atoms with Gasteiger partial charge in [0.05, 0.1) is 25.4 Å². The van der Waals surface area contributed by atoms with Gasteiger partial charge in [0.1, 0.15) is 5.60 Å². The topological polar surface area (TPSA) is 85.2 Å². The fraction of sp³-hybridized carbons (Fsp3) is 0.694. The highest BCUT2D eigenvalue weighted by Gasteiger charge is 2.79. The van der Waals surface area contributed by atoms with Crippen LogP contribution in [0.3, 0.4) is 0 Å². The molecular weight excluding hydrogens is 623 g/mol. The molecule has 6 rings (SSSR count). The largest absolute Gasteiger partial charge is 0.463 e. The first-order chi connectivity index (χ1) is 21.8. The Morgan fingerprint density at radius 2 is 1.66 bits per heavy atom. The molecule has 1 saturated heterocycles. The van der Waals surface area contributed by atoms with E-state index in [1.807, 2.05) is 13.8 Å². The molecule has 1 heterocycles. The van der Waals surface area contributed by atoms with Crippen LogP contribution in [0.15, 0.2) is 41.5 Å². The summed E-state index contributed by atoms with van der Waals surface area (Å²) < 4.78 is 89.9. The van der Waals surface area contributed by atoms with Crippen LogP contribution in [-0.4, -0.2) is 65.1 Å². The summed E-state index contributed by atoms with van der Waals surface area (Å²) in [6.45, 7) is 8.37. The Bertz CT molecular complexity index is 1440. The zero-order valence-electron chi connectivity index (χ0n) is 27.4. The van der Waals surface area contributed by atoms with Crippen molar-refractivity contribution in [2.45, 2.75) is 114 Å². The molecule has 6 atom stereocenters. The summed E-state index contributed by atoms with van der Waals surface area (Å²) in [6.07, 6.45) is -2.04. The number of esters is 1. The lowest BCUT2D eigenvalue weighted by molar-refractivity contribution is -0.362. The second-order valence-electron chi connectivity index (χ2n) is 15.4. The highest BCUT2D eigenvalue weighted by atomic mass is 19.4. The van der Waals surface area contributed by atoms with Crippen molar-refractivity contribution in [1.29, 1.82) is 0 Å². The number of hydrogen-bond donors (Lipinski definition) is 2. The summed E-state index contributed by atoms with van der Waals surface area (Å²) in [4.78, 5) is 11.8. The fourth-order valence-corrected chi connectivity index (χ4v) is 9.50. The van der Waals surface area contributed by atoms with Gasteiger partial charge in [0.25, 0.3) is 0 Å². The first-order valence-corrected chi connectivity index (χ1v) is 16.7. The van der Waals surface area contributed by atoms with Crippen molar-refractivity contribution in [3.05, 3.63) is 52.6 Å². The number of fused-ring (bicyclic) bond motifs is 4. The second-order valence-corrected chi connectivity index (χ2v) is 15.4. The SMILES string of the molecule is CCOC(=O)/C=C/c1ccc([C@H]2C[C@@]3(C)[C@@H](CC[C@@]3(O)C(F)(F)C(F)(F)F)[C@@H]3CC[C@@]4(O)CC5(CCC4=C32)OCC(C)(C)CO5)cc1. The summed E-state index contributed by atoms with van der Waals surface area (Å²) in [5, 5.41) is 23.9. The molecule has 0 bridgehead atoms. The lowest BCUT2D eigenvalue weighted by Crippen LogP contribution is -2.65. The Kier molecular flexibility index (Phi) is 8.34. The van der Waals surface area contributed by atoms with E-state index < -0.39 is 64.6 Å². The number of carbonyl (C=O) groups excluding carboxylic acids is 1. The molecule has 4 aliphatic carbocycles. The predicted octanol–water partition coefficient (Wildman–Crippen LogP) is 7.49. The summed E-state index contributed by atoms with van der Waals surface area (Å²) in [7, 11) is 0. The maximum absolute atomic E-state index is 15.3. The lowest BCUT2D eigenvalue weighted by Gasteiger charge is -2.59. The van der Waals surface area contributed by atoms with Gasteiger partial charge in [-0.15, -0.1) is 0 Å². The zero-order valence-corrected chi connectivity index (χ0v) is 27.4. The van der Waals surface area contributed by atoms with Crippen LogP contribution in [0.5, 0.6) is 0 Å². The van der Waals surface area contributed by atoms with E-state index in [4.69, 9.17) is 14.2 Å². The van der Waals surface area contributed by atoms with Crippen molar-refractivity contribution in [1.82, 2.24) is 0 Å². The minimum absolute atomic E-state index is 0.0219. The number of ether oxygens (including phenoxy) is 3. The lowest BCUT2D eigenvalue weighted by atomic mass is 9.49. The van der Waals surface area contributed by atoms with Crippen LogP contribution in [0, 0.1) is 22.7 Å².